The number of β-amino-alcohol motifs (C(OH)–C–C–N with tert-alkyl or cyclic N) is 1. The van der Waals surface area contributed by atoms with Crippen LogP contribution in [0.25, 0.3) is 0 Å². The van der Waals surface area contributed by atoms with Gasteiger partial charge < -0.3 is 20.0 Å². The van der Waals surface area contributed by atoms with Crippen LogP contribution in [0.1, 0.15) is 24.6 Å². The molecule has 0 aromatic carbocycles. The summed E-state index contributed by atoms with van der Waals surface area (Å²) in [7, 11) is 0. The number of fused-ring (bicyclic) bond motifs is 1. The molecule has 3 heterocycles. The monoisotopic (exact) mass is 386 g/mol. The Balaban J connectivity index is 1.62. The third kappa shape index (κ3) is 2.99. The van der Waals surface area contributed by atoms with E-state index in [0.717, 1.165) is 0 Å². The third-order valence-electron chi connectivity index (χ3n) is 6.15. The molecule has 3 fully saturated rings. The number of carboxylic acids is 1. The van der Waals surface area contributed by atoms with Crippen LogP contribution in [0.3, 0.4) is 0 Å². The molecule has 1 saturated carbocycles. The summed E-state index contributed by atoms with van der Waals surface area (Å²) < 4.78 is 40.5. The summed E-state index contributed by atoms with van der Waals surface area (Å²) in [4.78, 5) is 22.4. The Kier molecular flexibility index (Phi) is 4.03. The highest BCUT2D eigenvalue weighted by Crippen LogP contribution is 2.54. The molecule has 1 aliphatic carbocycles. The van der Waals surface area contributed by atoms with Gasteiger partial charge in [0.05, 0.1) is 12.1 Å². The average Bonchev–Trinajstić information content (AvgIpc) is 3.02. The minimum absolute atomic E-state index is 0.0175. The van der Waals surface area contributed by atoms with E-state index in [-0.39, 0.29) is 54.1 Å². The second-order valence-corrected chi connectivity index (χ2v) is 7.77. The molecular weight excluding hydrogens is 365 g/mol. The van der Waals surface area contributed by atoms with E-state index >= 15 is 0 Å². The fourth-order valence-corrected chi connectivity index (χ4v) is 4.39. The van der Waals surface area contributed by atoms with Crippen molar-refractivity contribution in [1.82, 2.24) is 9.97 Å². The van der Waals surface area contributed by atoms with E-state index in [2.05, 4.69) is 9.97 Å². The summed E-state index contributed by atoms with van der Waals surface area (Å²) in [5, 5.41) is 18.6. The van der Waals surface area contributed by atoms with E-state index < -0.39 is 23.9 Å². The van der Waals surface area contributed by atoms with E-state index in [1.165, 1.54) is 6.92 Å². The molecule has 1 aromatic heterocycles. The van der Waals surface area contributed by atoms with Gasteiger partial charge in [-0.3, -0.25) is 4.79 Å². The molecule has 2 unspecified atom stereocenters. The molecule has 0 radical (unpaired) electrons. The maximum Gasteiger partial charge on any atom is 0.433 e. The molecule has 2 N–H and O–H groups in total. The number of aromatic nitrogens is 2. The van der Waals surface area contributed by atoms with Gasteiger partial charge in [0.1, 0.15) is 5.82 Å². The number of piperidine rings is 1. The van der Waals surface area contributed by atoms with Crippen molar-refractivity contribution in [2.24, 2.45) is 17.8 Å². The second-order valence-electron chi connectivity index (χ2n) is 7.77. The molecule has 1 aromatic rings. The highest BCUT2D eigenvalue weighted by molar-refractivity contribution is 5.68. The lowest BCUT2D eigenvalue weighted by atomic mass is 10.0. The van der Waals surface area contributed by atoms with E-state index in [0.29, 0.717) is 13.1 Å². The van der Waals surface area contributed by atoms with Gasteiger partial charge in [-0.1, -0.05) is 0 Å². The number of carboxylic acid groups (broad SMARTS) is 1. The van der Waals surface area contributed by atoms with E-state index in [9.17, 15) is 23.1 Å². The molecular formula is C17H21F3N4O3. The third-order valence-corrected chi connectivity index (χ3v) is 6.15. The summed E-state index contributed by atoms with van der Waals surface area (Å²) in [6.45, 7) is 4.30. The van der Waals surface area contributed by atoms with Gasteiger partial charge in [0, 0.05) is 31.6 Å². The van der Waals surface area contributed by atoms with Gasteiger partial charge in [0.2, 0.25) is 5.95 Å². The first kappa shape index (κ1) is 18.3. The van der Waals surface area contributed by atoms with Crippen LogP contribution < -0.4 is 9.80 Å². The lowest BCUT2D eigenvalue weighted by Crippen LogP contribution is -2.59. The molecule has 27 heavy (non-hydrogen) atoms. The molecule has 2 saturated heterocycles. The van der Waals surface area contributed by atoms with Crippen molar-refractivity contribution in [3.8, 4) is 0 Å². The Bertz CT molecular complexity index is 775. The van der Waals surface area contributed by atoms with Gasteiger partial charge in [0.15, 0.2) is 5.69 Å². The summed E-state index contributed by atoms with van der Waals surface area (Å²) in [5.41, 5.74) is -0.977. The number of alkyl halides is 3. The van der Waals surface area contributed by atoms with Crippen LogP contribution in [0.15, 0.2) is 0 Å². The highest BCUT2D eigenvalue weighted by Gasteiger charge is 2.56. The predicted molar refractivity (Wildman–Crippen MR) is 89.5 cm³/mol. The Morgan fingerprint density at radius 3 is 2.33 bits per heavy atom. The van der Waals surface area contributed by atoms with Crippen molar-refractivity contribution in [3.05, 3.63) is 11.3 Å². The first-order chi connectivity index (χ1) is 12.6. The zero-order valence-electron chi connectivity index (χ0n) is 14.9. The number of hydrogen-bond donors (Lipinski definition) is 2. The lowest BCUT2D eigenvalue weighted by molar-refractivity contribution is -0.141. The zero-order valence-corrected chi connectivity index (χ0v) is 14.9. The quantitative estimate of drug-likeness (QED) is 0.811. The molecule has 4 atom stereocenters. The van der Waals surface area contributed by atoms with Crippen molar-refractivity contribution in [1.29, 1.82) is 0 Å². The number of halogens is 3. The van der Waals surface area contributed by atoms with Gasteiger partial charge in [-0.05, 0) is 31.6 Å². The Morgan fingerprint density at radius 2 is 1.85 bits per heavy atom. The predicted octanol–water partition coefficient (Wildman–Crippen LogP) is 1.53. The normalized spacial score (nSPS) is 32.3. The molecule has 0 spiro atoms. The number of aliphatic hydroxyl groups excluding tert-OH is 1. The van der Waals surface area contributed by atoms with Gasteiger partial charge in [-0.15, -0.1) is 0 Å². The van der Waals surface area contributed by atoms with Gasteiger partial charge >= 0.3 is 12.1 Å². The second kappa shape index (κ2) is 5.95. The van der Waals surface area contributed by atoms with Crippen LogP contribution in [0, 0.1) is 24.7 Å². The maximum absolute atomic E-state index is 13.5. The molecule has 4 rings (SSSR count). The SMILES string of the molecule is Cc1c(N2CC3C(CC(=O)O)C3C2)nc(N2C[C@@H](O)[C@@H]2C)nc1C(F)(F)F. The summed E-state index contributed by atoms with van der Waals surface area (Å²) in [5.74, 6) is -0.124. The van der Waals surface area contributed by atoms with E-state index in [1.807, 2.05) is 4.90 Å². The Hall–Kier alpha value is -2.10. The van der Waals surface area contributed by atoms with Crippen LogP contribution in [0.2, 0.25) is 0 Å². The van der Waals surface area contributed by atoms with Gasteiger partial charge in [0.25, 0.3) is 0 Å². The number of anilines is 2. The number of carbonyl (C=O) groups is 1. The van der Waals surface area contributed by atoms with Gasteiger partial charge in [-0.2, -0.15) is 18.2 Å². The summed E-state index contributed by atoms with van der Waals surface area (Å²) >= 11 is 0. The maximum atomic E-state index is 13.5. The molecule has 2 aliphatic heterocycles. The topological polar surface area (TPSA) is 89.8 Å². The van der Waals surface area contributed by atoms with Crippen LogP contribution in [0.5, 0.6) is 0 Å². The van der Waals surface area contributed by atoms with Crippen molar-refractivity contribution < 1.29 is 28.2 Å². The summed E-state index contributed by atoms with van der Waals surface area (Å²) in [6, 6.07) is -0.339. The minimum Gasteiger partial charge on any atom is -0.481 e. The van der Waals surface area contributed by atoms with Crippen molar-refractivity contribution in [2.45, 2.75) is 38.6 Å². The molecule has 148 valence electrons. The number of nitrogens with zero attached hydrogens (tertiary/aromatic N) is 4. The Labute approximate surface area is 153 Å². The Morgan fingerprint density at radius 1 is 1.22 bits per heavy atom. The largest absolute Gasteiger partial charge is 0.481 e. The van der Waals surface area contributed by atoms with Crippen LogP contribution in [-0.2, 0) is 11.0 Å². The average molecular weight is 386 g/mol. The fourth-order valence-electron chi connectivity index (χ4n) is 4.39. The first-order valence-corrected chi connectivity index (χ1v) is 8.95. The number of aliphatic hydroxyl groups is 1. The standard InChI is InChI=1S/C17H21F3N4O3/c1-7-14(17(18,19)20)21-16(24-6-12(25)8(24)2)22-15(7)23-4-10-9(3-13(26)27)11(10)5-23/h8-12,25H,3-6H2,1-2H3,(H,26,27)/t8-,9?,10?,11?,12+/m0/s1. The van der Waals surface area contributed by atoms with Crippen molar-refractivity contribution >= 4 is 17.7 Å². The molecule has 0 bridgehead atoms. The van der Waals surface area contributed by atoms with Crippen LogP contribution in [-0.4, -0.2) is 57.9 Å². The van der Waals surface area contributed by atoms with E-state index in [1.54, 1.807) is 11.8 Å². The van der Waals surface area contributed by atoms with Crippen molar-refractivity contribution in [2.75, 3.05) is 29.4 Å². The number of aliphatic carboxylic acids is 1. The van der Waals surface area contributed by atoms with E-state index in [4.69, 9.17) is 5.11 Å². The number of hydrogen-bond acceptors (Lipinski definition) is 6. The zero-order chi connectivity index (χ0) is 19.7. The van der Waals surface area contributed by atoms with Crippen LogP contribution >= 0.6 is 0 Å². The van der Waals surface area contributed by atoms with Crippen molar-refractivity contribution in [3.63, 3.8) is 0 Å². The number of rotatable bonds is 4. The molecule has 10 heteroatoms. The molecule has 0 amide bonds. The summed E-state index contributed by atoms with van der Waals surface area (Å²) in [6.07, 6.45) is -5.10. The minimum atomic E-state index is -4.60. The highest BCUT2D eigenvalue weighted by atomic mass is 19.4. The fraction of sp³-hybridized carbons (Fsp3) is 0.706. The van der Waals surface area contributed by atoms with Crippen LogP contribution in [0.4, 0.5) is 24.9 Å². The smallest absolute Gasteiger partial charge is 0.433 e. The lowest BCUT2D eigenvalue weighted by Gasteiger charge is -2.43. The molecule has 3 aliphatic rings. The first-order valence-electron chi connectivity index (χ1n) is 8.95. The van der Waals surface area contributed by atoms with Gasteiger partial charge in [-0.25, -0.2) is 4.98 Å². The molecule has 7 nitrogen and oxygen atoms in total.